The van der Waals surface area contributed by atoms with Crippen molar-refractivity contribution in [2.45, 2.75) is 25.8 Å². The predicted octanol–water partition coefficient (Wildman–Crippen LogP) is 3.53. The fourth-order valence-electron chi connectivity index (χ4n) is 2.23. The molecule has 1 saturated heterocycles. The molecule has 0 aliphatic carbocycles. The van der Waals surface area contributed by atoms with Gasteiger partial charge in [0.25, 0.3) is 0 Å². The molecule has 1 N–H and O–H groups in total. The fraction of sp³-hybridized carbons (Fsp3) is 0.571. The Kier molecular flexibility index (Phi) is 5.01. The first-order valence-corrected chi connectivity index (χ1v) is 7.12. The van der Waals surface area contributed by atoms with Crippen molar-refractivity contribution in [3.8, 4) is 0 Å². The van der Waals surface area contributed by atoms with Gasteiger partial charge in [0.15, 0.2) is 0 Å². The second-order valence-corrected chi connectivity index (χ2v) is 5.56. The highest BCUT2D eigenvalue weighted by molar-refractivity contribution is 9.10. The average Bonchev–Trinajstić information content (AvgIpc) is 2.38. The van der Waals surface area contributed by atoms with E-state index in [9.17, 15) is 0 Å². The number of halogens is 1. The first-order valence-electron chi connectivity index (χ1n) is 6.33. The Morgan fingerprint density at radius 3 is 2.76 bits per heavy atom. The van der Waals surface area contributed by atoms with E-state index in [1.54, 1.807) is 0 Å². The molecule has 1 aliphatic rings. The molecule has 0 saturated carbocycles. The Bertz CT molecular complexity index is 350. The van der Waals surface area contributed by atoms with Crippen molar-refractivity contribution in [3.63, 3.8) is 0 Å². The number of hydrogen-bond donors (Lipinski definition) is 1. The summed E-state index contributed by atoms with van der Waals surface area (Å²) in [5, 5.41) is 3.62. The van der Waals surface area contributed by atoms with Gasteiger partial charge < -0.3 is 10.1 Å². The van der Waals surface area contributed by atoms with Crippen LogP contribution in [0.4, 0.5) is 0 Å². The molecule has 2 nitrogen and oxygen atoms in total. The van der Waals surface area contributed by atoms with E-state index in [-0.39, 0.29) is 0 Å². The molecule has 0 bridgehead atoms. The average molecular weight is 298 g/mol. The van der Waals surface area contributed by atoms with Crippen molar-refractivity contribution in [1.82, 2.24) is 5.32 Å². The van der Waals surface area contributed by atoms with E-state index in [1.807, 2.05) is 0 Å². The van der Waals surface area contributed by atoms with Gasteiger partial charge in [0.05, 0.1) is 0 Å². The lowest BCUT2D eigenvalue weighted by Crippen LogP contribution is -2.29. The van der Waals surface area contributed by atoms with Crippen LogP contribution in [-0.4, -0.2) is 19.8 Å². The van der Waals surface area contributed by atoms with E-state index in [0.29, 0.717) is 6.04 Å². The molecule has 1 aromatic rings. The minimum absolute atomic E-state index is 0.397. The standard InChI is InChI=1S/C14H20BrNO/c1-11(13-4-2-3-5-14(13)15)16-10-12-6-8-17-9-7-12/h2-5,11-12,16H,6-10H2,1H3/t11-/m0/s1. The van der Waals surface area contributed by atoms with Crippen LogP contribution >= 0.6 is 15.9 Å². The van der Waals surface area contributed by atoms with Crippen LogP contribution in [0.5, 0.6) is 0 Å². The maximum atomic E-state index is 5.37. The summed E-state index contributed by atoms with van der Waals surface area (Å²) >= 11 is 3.60. The summed E-state index contributed by atoms with van der Waals surface area (Å²) in [6.07, 6.45) is 2.38. The van der Waals surface area contributed by atoms with Gasteiger partial charge in [-0.25, -0.2) is 0 Å². The SMILES string of the molecule is C[C@H](NCC1CCOCC1)c1ccccc1Br. The van der Waals surface area contributed by atoms with Crippen molar-refractivity contribution >= 4 is 15.9 Å². The highest BCUT2D eigenvalue weighted by atomic mass is 79.9. The number of ether oxygens (including phenoxy) is 1. The summed E-state index contributed by atoms with van der Waals surface area (Å²) in [6, 6.07) is 8.81. The van der Waals surface area contributed by atoms with Gasteiger partial charge in [0.1, 0.15) is 0 Å². The number of nitrogens with one attached hydrogen (secondary N) is 1. The first-order chi connectivity index (χ1) is 8.27. The van der Waals surface area contributed by atoms with Gasteiger partial charge in [-0.2, -0.15) is 0 Å². The van der Waals surface area contributed by atoms with E-state index in [0.717, 1.165) is 25.7 Å². The summed E-state index contributed by atoms with van der Waals surface area (Å²) in [4.78, 5) is 0. The summed E-state index contributed by atoms with van der Waals surface area (Å²) in [5.74, 6) is 0.772. The molecule has 0 amide bonds. The van der Waals surface area contributed by atoms with Crippen LogP contribution in [0.15, 0.2) is 28.7 Å². The van der Waals surface area contributed by atoms with Crippen LogP contribution < -0.4 is 5.32 Å². The summed E-state index contributed by atoms with van der Waals surface area (Å²) in [5.41, 5.74) is 1.33. The second kappa shape index (κ2) is 6.53. The maximum Gasteiger partial charge on any atom is 0.0469 e. The molecule has 1 heterocycles. The smallest absolute Gasteiger partial charge is 0.0469 e. The minimum atomic E-state index is 0.397. The fourth-order valence-corrected chi connectivity index (χ4v) is 2.86. The van der Waals surface area contributed by atoms with E-state index < -0.39 is 0 Å². The molecule has 2 rings (SSSR count). The predicted molar refractivity (Wildman–Crippen MR) is 74.1 cm³/mol. The molecule has 0 unspecified atom stereocenters. The van der Waals surface area contributed by atoms with Crippen LogP contribution in [0.25, 0.3) is 0 Å². The zero-order chi connectivity index (χ0) is 12.1. The second-order valence-electron chi connectivity index (χ2n) is 4.71. The largest absolute Gasteiger partial charge is 0.381 e. The van der Waals surface area contributed by atoms with Gasteiger partial charge in [-0.1, -0.05) is 34.1 Å². The van der Waals surface area contributed by atoms with Crippen LogP contribution in [0.3, 0.4) is 0 Å². The van der Waals surface area contributed by atoms with Gasteiger partial charge in [-0.15, -0.1) is 0 Å². The first kappa shape index (κ1) is 13.1. The van der Waals surface area contributed by atoms with Gasteiger partial charge in [0.2, 0.25) is 0 Å². The van der Waals surface area contributed by atoms with E-state index in [2.05, 4.69) is 52.4 Å². The van der Waals surface area contributed by atoms with E-state index >= 15 is 0 Å². The van der Waals surface area contributed by atoms with Crippen molar-refractivity contribution in [3.05, 3.63) is 34.3 Å². The highest BCUT2D eigenvalue weighted by Crippen LogP contribution is 2.23. The molecule has 1 fully saturated rings. The summed E-state index contributed by atoms with van der Waals surface area (Å²) in [7, 11) is 0. The molecular formula is C14H20BrNO. The Labute approximate surface area is 112 Å². The molecule has 0 radical (unpaired) electrons. The molecule has 0 aromatic heterocycles. The lowest BCUT2D eigenvalue weighted by molar-refractivity contribution is 0.0656. The summed E-state index contributed by atoms with van der Waals surface area (Å²) in [6.45, 7) is 5.16. The van der Waals surface area contributed by atoms with Gasteiger partial charge >= 0.3 is 0 Å². The molecule has 1 aliphatic heterocycles. The van der Waals surface area contributed by atoms with Crippen molar-refractivity contribution in [2.24, 2.45) is 5.92 Å². The Hall–Kier alpha value is -0.380. The van der Waals surface area contributed by atoms with Gasteiger partial charge in [-0.05, 0) is 43.9 Å². The Morgan fingerprint density at radius 2 is 2.06 bits per heavy atom. The molecule has 0 spiro atoms. The third-order valence-corrected chi connectivity index (χ3v) is 4.15. The number of benzene rings is 1. The monoisotopic (exact) mass is 297 g/mol. The van der Waals surface area contributed by atoms with Gasteiger partial charge in [0, 0.05) is 23.7 Å². The zero-order valence-corrected chi connectivity index (χ0v) is 11.9. The van der Waals surface area contributed by atoms with E-state index in [4.69, 9.17) is 4.74 Å². The lowest BCUT2D eigenvalue weighted by Gasteiger charge is -2.24. The minimum Gasteiger partial charge on any atom is -0.381 e. The molecule has 3 heteroatoms. The molecule has 1 atom stereocenters. The lowest BCUT2D eigenvalue weighted by atomic mass is 9.99. The molecule has 1 aromatic carbocycles. The van der Waals surface area contributed by atoms with Crippen LogP contribution in [0.2, 0.25) is 0 Å². The van der Waals surface area contributed by atoms with Crippen LogP contribution in [0, 0.1) is 5.92 Å². The van der Waals surface area contributed by atoms with Crippen molar-refractivity contribution < 1.29 is 4.74 Å². The molecule has 94 valence electrons. The maximum absolute atomic E-state index is 5.37. The van der Waals surface area contributed by atoms with Gasteiger partial charge in [-0.3, -0.25) is 0 Å². The van der Waals surface area contributed by atoms with Crippen molar-refractivity contribution in [2.75, 3.05) is 19.8 Å². The summed E-state index contributed by atoms with van der Waals surface area (Å²) < 4.78 is 6.56. The number of hydrogen-bond acceptors (Lipinski definition) is 2. The third-order valence-electron chi connectivity index (χ3n) is 3.43. The normalized spacial score (nSPS) is 19.2. The topological polar surface area (TPSA) is 21.3 Å². The highest BCUT2D eigenvalue weighted by Gasteiger charge is 2.15. The van der Waals surface area contributed by atoms with E-state index in [1.165, 1.54) is 22.9 Å². The molecule has 17 heavy (non-hydrogen) atoms. The number of rotatable bonds is 4. The van der Waals surface area contributed by atoms with Crippen LogP contribution in [0.1, 0.15) is 31.4 Å². The third kappa shape index (κ3) is 3.80. The Morgan fingerprint density at radius 1 is 1.35 bits per heavy atom. The zero-order valence-electron chi connectivity index (χ0n) is 10.3. The van der Waals surface area contributed by atoms with Crippen molar-refractivity contribution in [1.29, 1.82) is 0 Å². The Balaban J connectivity index is 1.84. The quantitative estimate of drug-likeness (QED) is 0.918. The molecular weight excluding hydrogens is 278 g/mol. The van der Waals surface area contributed by atoms with Crippen LogP contribution in [-0.2, 0) is 4.74 Å².